The third-order valence-electron chi connectivity index (χ3n) is 3.54. The highest BCUT2D eigenvalue weighted by molar-refractivity contribution is 9.10. The summed E-state index contributed by atoms with van der Waals surface area (Å²) >= 11 is 3.35. The molecular formula is C18H19BrN2O3. The molecule has 0 atom stereocenters. The highest BCUT2D eigenvalue weighted by Gasteiger charge is 2.05. The van der Waals surface area contributed by atoms with Crippen molar-refractivity contribution in [2.75, 3.05) is 6.61 Å². The Labute approximate surface area is 149 Å². The Morgan fingerprint density at radius 3 is 2.67 bits per heavy atom. The van der Waals surface area contributed by atoms with Gasteiger partial charge in [-0.2, -0.15) is 5.10 Å². The molecule has 0 bridgehead atoms. The molecule has 24 heavy (non-hydrogen) atoms. The molecule has 2 rings (SSSR count). The maximum atomic E-state index is 11.8. The van der Waals surface area contributed by atoms with Gasteiger partial charge in [0.15, 0.2) is 6.61 Å². The molecule has 0 aromatic heterocycles. The number of nitrogens with one attached hydrogen (secondary N) is 1. The Bertz CT molecular complexity index is 788. The number of hydrogen-bond acceptors (Lipinski definition) is 4. The van der Waals surface area contributed by atoms with Crippen LogP contribution in [0.15, 0.2) is 39.9 Å². The molecule has 0 spiro atoms. The first-order valence-electron chi connectivity index (χ1n) is 7.38. The van der Waals surface area contributed by atoms with E-state index in [4.69, 9.17) is 4.74 Å². The summed E-state index contributed by atoms with van der Waals surface area (Å²) in [6.07, 6.45) is 1.39. The number of nitrogens with zero attached hydrogens (tertiary/aromatic N) is 1. The van der Waals surface area contributed by atoms with E-state index in [0.29, 0.717) is 11.3 Å². The van der Waals surface area contributed by atoms with Crippen LogP contribution >= 0.6 is 15.9 Å². The number of phenols is 1. The summed E-state index contributed by atoms with van der Waals surface area (Å²) in [6, 6.07) is 9.15. The molecular weight excluding hydrogens is 372 g/mol. The molecule has 1 amide bonds. The number of halogens is 1. The summed E-state index contributed by atoms with van der Waals surface area (Å²) in [6.45, 7) is 5.65. The maximum Gasteiger partial charge on any atom is 0.277 e. The largest absolute Gasteiger partial charge is 0.507 e. The number of aryl methyl sites for hydroxylation is 3. The monoisotopic (exact) mass is 390 g/mol. The van der Waals surface area contributed by atoms with Crippen molar-refractivity contribution < 1.29 is 14.6 Å². The number of carbonyl (C=O) groups is 1. The van der Waals surface area contributed by atoms with E-state index in [9.17, 15) is 9.90 Å². The summed E-state index contributed by atoms with van der Waals surface area (Å²) < 4.78 is 6.25. The fraction of sp³-hybridized carbons (Fsp3) is 0.222. The van der Waals surface area contributed by atoms with Crippen LogP contribution in [0.5, 0.6) is 11.5 Å². The molecule has 0 heterocycles. The van der Waals surface area contributed by atoms with Crippen LogP contribution in [0.1, 0.15) is 22.3 Å². The van der Waals surface area contributed by atoms with Crippen molar-refractivity contribution in [2.45, 2.75) is 20.8 Å². The number of phenolic OH excluding ortho intramolecular Hbond substituents is 1. The number of aromatic hydroxyl groups is 1. The smallest absolute Gasteiger partial charge is 0.277 e. The van der Waals surface area contributed by atoms with Crippen LogP contribution < -0.4 is 10.2 Å². The van der Waals surface area contributed by atoms with Crippen molar-refractivity contribution in [1.29, 1.82) is 0 Å². The van der Waals surface area contributed by atoms with Crippen LogP contribution in [0.3, 0.4) is 0 Å². The van der Waals surface area contributed by atoms with E-state index in [1.807, 2.05) is 32.0 Å². The molecule has 0 aliphatic heterocycles. The Morgan fingerprint density at radius 1 is 1.21 bits per heavy atom. The lowest BCUT2D eigenvalue weighted by Gasteiger charge is -2.07. The number of hydrazone groups is 1. The van der Waals surface area contributed by atoms with Crippen molar-refractivity contribution in [3.63, 3.8) is 0 Å². The summed E-state index contributed by atoms with van der Waals surface area (Å²) in [4.78, 5) is 11.8. The number of hydrogen-bond donors (Lipinski definition) is 2. The van der Waals surface area contributed by atoms with Crippen LogP contribution in [0, 0.1) is 20.8 Å². The minimum atomic E-state index is -0.379. The van der Waals surface area contributed by atoms with E-state index >= 15 is 0 Å². The zero-order valence-electron chi connectivity index (χ0n) is 13.8. The molecule has 0 saturated carbocycles. The van der Waals surface area contributed by atoms with Gasteiger partial charge in [-0.1, -0.05) is 22.0 Å². The van der Waals surface area contributed by atoms with Crippen molar-refractivity contribution in [3.8, 4) is 11.5 Å². The fourth-order valence-corrected chi connectivity index (χ4v) is 2.61. The van der Waals surface area contributed by atoms with Gasteiger partial charge in [0.1, 0.15) is 11.5 Å². The molecule has 0 aliphatic carbocycles. The van der Waals surface area contributed by atoms with Gasteiger partial charge in [-0.15, -0.1) is 0 Å². The van der Waals surface area contributed by atoms with E-state index in [1.165, 1.54) is 11.8 Å². The summed E-state index contributed by atoms with van der Waals surface area (Å²) in [7, 11) is 0. The number of carbonyl (C=O) groups excluding carboxylic acids is 1. The first-order chi connectivity index (χ1) is 11.4. The SMILES string of the molecule is Cc1ccc(OCC(=O)N/N=C\c2cc(Br)cc(C)c2O)cc1C. The molecule has 0 radical (unpaired) electrons. The van der Waals surface area contributed by atoms with Crippen molar-refractivity contribution in [1.82, 2.24) is 5.43 Å². The lowest BCUT2D eigenvalue weighted by molar-refractivity contribution is -0.123. The lowest BCUT2D eigenvalue weighted by Crippen LogP contribution is -2.24. The Balaban J connectivity index is 1.90. The molecule has 6 heteroatoms. The zero-order valence-corrected chi connectivity index (χ0v) is 15.3. The van der Waals surface area contributed by atoms with Crippen molar-refractivity contribution in [2.24, 2.45) is 5.10 Å². The van der Waals surface area contributed by atoms with Crippen LogP contribution in [-0.2, 0) is 4.79 Å². The van der Waals surface area contributed by atoms with Gasteiger partial charge in [0, 0.05) is 10.0 Å². The Hall–Kier alpha value is -2.34. The average molecular weight is 391 g/mol. The molecule has 2 N–H and O–H groups in total. The van der Waals surface area contributed by atoms with E-state index in [1.54, 1.807) is 19.1 Å². The summed E-state index contributed by atoms with van der Waals surface area (Å²) in [5, 5.41) is 13.8. The fourth-order valence-electron chi connectivity index (χ4n) is 2.02. The first-order valence-corrected chi connectivity index (χ1v) is 8.17. The Kier molecular flexibility index (Phi) is 5.98. The van der Waals surface area contributed by atoms with Gasteiger partial charge in [-0.3, -0.25) is 4.79 Å². The van der Waals surface area contributed by atoms with Gasteiger partial charge in [-0.25, -0.2) is 5.43 Å². The van der Waals surface area contributed by atoms with Gasteiger partial charge >= 0.3 is 0 Å². The van der Waals surface area contributed by atoms with E-state index in [0.717, 1.165) is 15.6 Å². The van der Waals surface area contributed by atoms with E-state index < -0.39 is 0 Å². The van der Waals surface area contributed by atoms with Gasteiger partial charge in [0.2, 0.25) is 0 Å². The molecule has 126 valence electrons. The van der Waals surface area contributed by atoms with E-state index in [2.05, 4.69) is 26.5 Å². The molecule has 2 aromatic carbocycles. The van der Waals surface area contributed by atoms with E-state index in [-0.39, 0.29) is 18.3 Å². The minimum Gasteiger partial charge on any atom is -0.507 e. The number of amides is 1. The third kappa shape index (κ3) is 4.83. The highest BCUT2D eigenvalue weighted by atomic mass is 79.9. The molecule has 0 fully saturated rings. The highest BCUT2D eigenvalue weighted by Crippen LogP contribution is 2.25. The van der Waals surface area contributed by atoms with Crippen molar-refractivity contribution in [3.05, 3.63) is 57.1 Å². The zero-order chi connectivity index (χ0) is 17.7. The number of rotatable bonds is 5. The molecule has 2 aromatic rings. The topological polar surface area (TPSA) is 70.9 Å². The second-order valence-electron chi connectivity index (χ2n) is 5.49. The quantitative estimate of drug-likeness (QED) is 0.604. The molecule has 0 aliphatic rings. The molecule has 5 nitrogen and oxygen atoms in total. The summed E-state index contributed by atoms with van der Waals surface area (Å²) in [5.74, 6) is 0.385. The van der Waals surface area contributed by atoms with Gasteiger partial charge in [0.25, 0.3) is 5.91 Å². The van der Waals surface area contributed by atoms with Crippen LogP contribution in [0.2, 0.25) is 0 Å². The maximum absolute atomic E-state index is 11.8. The third-order valence-corrected chi connectivity index (χ3v) is 3.99. The second kappa shape index (κ2) is 7.97. The van der Waals surface area contributed by atoms with Gasteiger partial charge in [0.05, 0.1) is 6.21 Å². The standard InChI is InChI=1S/C18H19BrN2O3/c1-11-4-5-16(7-12(11)2)24-10-17(22)21-20-9-14-8-15(19)6-13(3)18(14)23/h4-9,23H,10H2,1-3H3,(H,21,22)/b20-9-. The van der Waals surface area contributed by atoms with Gasteiger partial charge in [-0.05, 0) is 61.7 Å². The normalized spacial score (nSPS) is 10.8. The second-order valence-corrected chi connectivity index (χ2v) is 6.40. The molecule has 0 saturated heterocycles. The first kappa shape index (κ1) is 18.0. The predicted octanol–water partition coefficient (Wildman–Crippen LogP) is 3.61. The van der Waals surface area contributed by atoms with Crippen LogP contribution in [0.4, 0.5) is 0 Å². The molecule has 0 unspecified atom stereocenters. The Morgan fingerprint density at radius 2 is 1.96 bits per heavy atom. The van der Waals surface area contributed by atoms with Gasteiger partial charge < -0.3 is 9.84 Å². The summed E-state index contributed by atoms with van der Waals surface area (Å²) in [5.41, 5.74) is 5.87. The predicted molar refractivity (Wildman–Crippen MR) is 97.7 cm³/mol. The lowest BCUT2D eigenvalue weighted by atomic mass is 10.1. The van der Waals surface area contributed by atoms with Crippen LogP contribution in [-0.4, -0.2) is 23.8 Å². The average Bonchev–Trinajstić information content (AvgIpc) is 2.53. The minimum absolute atomic E-state index is 0.127. The number of ether oxygens (including phenoxy) is 1. The van der Waals surface area contributed by atoms with Crippen LogP contribution in [0.25, 0.3) is 0 Å². The number of benzene rings is 2. The van der Waals surface area contributed by atoms with Crippen molar-refractivity contribution >= 4 is 28.1 Å².